The average Bonchev–Trinajstić information content (AvgIpc) is 2.00. The number of hydrogen-bond donors (Lipinski definition) is 1. The van der Waals surface area contributed by atoms with Gasteiger partial charge in [0.05, 0.1) is 13.2 Å². The van der Waals surface area contributed by atoms with Gasteiger partial charge in [-0.3, -0.25) is 9.59 Å². The summed E-state index contributed by atoms with van der Waals surface area (Å²) in [6.45, 7) is 1.86. The van der Waals surface area contributed by atoms with Crippen LogP contribution in [0.2, 0.25) is 0 Å². The van der Waals surface area contributed by atoms with Crippen molar-refractivity contribution in [2.45, 2.75) is 13.0 Å². The zero-order chi connectivity index (χ0) is 9.40. The molecule has 0 rings (SSSR count). The van der Waals surface area contributed by atoms with Crippen LogP contribution in [-0.4, -0.2) is 38.7 Å². The van der Waals surface area contributed by atoms with Gasteiger partial charge in [-0.05, 0) is 0 Å². The molecule has 1 atom stereocenters. The maximum absolute atomic E-state index is 10.5. The van der Waals surface area contributed by atoms with Crippen molar-refractivity contribution < 1.29 is 19.1 Å². The van der Waals surface area contributed by atoms with Crippen molar-refractivity contribution in [3.63, 3.8) is 0 Å². The van der Waals surface area contributed by atoms with Crippen LogP contribution < -0.4 is 5.32 Å². The Kier molecular flexibility index (Phi) is 6.00. The molecular weight excluding hydrogens is 162 g/mol. The molecule has 0 aliphatic rings. The summed E-state index contributed by atoms with van der Waals surface area (Å²) >= 11 is 0. The number of amides is 1. The highest BCUT2D eigenvalue weighted by Gasteiger charge is 2.10. The van der Waals surface area contributed by atoms with E-state index in [0.717, 1.165) is 0 Å². The molecule has 1 unspecified atom stereocenters. The first-order chi connectivity index (χ1) is 5.70. The second-order valence-electron chi connectivity index (χ2n) is 2.21. The number of carbonyl (C=O) groups excluding carboxylic acids is 2. The fourth-order valence-corrected chi connectivity index (χ4v) is 0.735. The Morgan fingerprint density at radius 3 is 2.75 bits per heavy atom. The second kappa shape index (κ2) is 6.60. The van der Waals surface area contributed by atoms with Gasteiger partial charge in [0.25, 0.3) is 0 Å². The van der Waals surface area contributed by atoms with E-state index in [2.05, 4.69) is 5.32 Å². The van der Waals surface area contributed by atoms with Crippen LogP contribution in [0.1, 0.15) is 6.92 Å². The zero-order valence-electron chi connectivity index (χ0n) is 7.20. The predicted molar refractivity (Wildman–Crippen MR) is 41.5 cm³/mol. The second-order valence-corrected chi connectivity index (χ2v) is 2.21. The standard InChI is InChI=1S/C7H13NO4/c1-6(10)12-7(4-11-2)3-8-5-9/h5,7H,3-4H2,1-2H3,(H,8,9). The van der Waals surface area contributed by atoms with Crippen molar-refractivity contribution >= 4 is 12.4 Å². The van der Waals surface area contributed by atoms with E-state index in [1.54, 1.807) is 0 Å². The van der Waals surface area contributed by atoms with Gasteiger partial charge in [0, 0.05) is 14.0 Å². The zero-order valence-corrected chi connectivity index (χ0v) is 7.20. The van der Waals surface area contributed by atoms with Crippen LogP contribution in [0.3, 0.4) is 0 Å². The van der Waals surface area contributed by atoms with Gasteiger partial charge in [-0.1, -0.05) is 0 Å². The maximum atomic E-state index is 10.5. The molecule has 5 nitrogen and oxygen atoms in total. The van der Waals surface area contributed by atoms with Crippen molar-refractivity contribution in [2.75, 3.05) is 20.3 Å². The first kappa shape index (κ1) is 10.9. The van der Waals surface area contributed by atoms with E-state index in [1.807, 2.05) is 0 Å². The first-order valence-corrected chi connectivity index (χ1v) is 3.54. The first-order valence-electron chi connectivity index (χ1n) is 3.54. The topological polar surface area (TPSA) is 64.6 Å². The molecule has 0 saturated heterocycles. The van der Waals surface area contributed by atoms with Crippen molar-refractivity contribution in [1.29, 1.82) is 0 Å². The minimum Gasteiger partial charge on any atom is -0.458 e. The lowest BCUT2D eigenvalue weighted by Crippen LogP contribution is -2.33. The summed E-state index contributed by atoms with van der Waals surface area (Å²) < 4.78 is 9.58. The van der Waals surface area contributed by atoms with E-state index in [4.69, 9.17) is 9.47 Å². The molecule has 0 aromatic rings. The highest BCUT2D eigenvalue weighted by atomic mass is 16.6. The molecule has 0 aromatic carbocycles. The van der Waals surface area contributed by atoms with E-state index < -0.39 is 6.10 Å². The highest BCUT2D eigenvalue weighted by Crippen LogP contribution is 1.91. The van der Waals surface area contributed by atoms with Crippen LogP contribution in [0.4, 0.5) is 0 Å². The lowest BCUT2D eigenvalue weighted by Gasteiger charge is -2.14. The maximum Gasteiger partial charge on any atom is 0.303 e. The van der Waals surface area contributed by atoms with Gasteiger partial charge in [0.2, 0.25) is 6.41 Å². The molecule has 70 valence electrons. The molecule has 0 spiro atoms. The third kappa shape index (κ3) is 5.67. The number of rotatable bonds is 6. The van der Waals surface area contributed by atoms with Crippen LogP contribution in [0, 0.1) is 0 Å². The molecule has 5 heteroatoms. The van der Waals surface area contributed by atoms with Crippen molar-refractivity contribution in [1.82, 2.24) is 5.32 Å². The molecule has 0 aromatic heterocycles. The van der Waals surface area contributed by atoms with Gasteiger partial charge >= 0.3 is 5.97 Å². The van der Waals surface area contributed by atoms with Crippen molar-refractivity contribution in [3.05, 3.63) is 0 Å². The minimum atomic E-state index is -0.405. The Morgan fingerprint density at radius 1 is 1.67 bits per heavy atom. The number of nitrogens with one attached hydrogen (secondary N) is 1. The molecular formula is C7H13NO4. The third-order valence-electron chi connectivity index (χ3n) is 1.11. The van der Waals surface area contributed by atoms with Gasteiger partial charge in [-0.15, -0.1) is 0 Å². The SMILES string of the molecule is COCC(CNC=O)OC(C)=O. The third-order valence-corrected chi connectivity index (χ3v) is 1.11. The van der Waals surface area contributed by atoms with Gasteiger partial charge in [-0.25, -0.2) is 0 Å². The summed E-state index contributed by atoms with van der Waals surface area (Å²) in [6.07, 6.45) is 0.143. The number of esters is 1. The van der Waals surface area contributed by atoms with E-state index in [1.165, 1.54) is 14.0 Å². The van der Waals surface area contributed by atoms with Crippen molar-refractivity contribution in [3.8, 4) is 0 Å². The van der Waals surface area contributed by atoms with Gasteiger partial charge in [-0.2, -0.15) is 0 Å². The molecule has 0 saturated carbocycles. The fourth-order valence-electron chi connectivity index (χ4n) is 0.735. The molecule has 0 aliphatic heterocycles. The predicted octanol–water partition coefficient (Wildman–Crippen LogP) is -0.690. The quantitative estimate of drug-likeness (QED) is 0.428. The van der Waals surface area contributed by atoms with E-state index in [0.29, 0.717) is 6.41 Å². The fraction of sp³-hybridized carbons (Fsp3) is 0.714. The number of carbonyl (C=O) groups is 2. The summed E-state index contributed by atoms with van der Waals surface area (Å²) in [4.78, 5) is 20.4. The van der Waals surface area contributed by atoms with Gasteiger partial charge < -0.3 is 14.8 Å². The molecule has 1 amide bonds. The molecule has 0 fully saturated rings. The molecule has 0 aliphatic carbocycles. The van der Waals surface area contributed by atoms with E-state index in [9.17, 15) is 9.59 Å². The van der Waals surface area contributed by atoms with Crippen molar-refractivity contribution in [2.24, 2.45) is 0 Å². The smallest absolute Gasteiger partial charge is 0.303 e. The summed E-state index contributed by atoms with van der Waals surface area (Å²) in [5, 5.41) is 2.40. The number of methoxy groups -OCH3 is 1. The van der Waals surface area contributed by atoms with Crippen LogP contribution in [0.15, 0.2) is 0 Å². The van der Waals surface area contributed by atoms with Gasteiger partial charge in [0.15, 0.2) is 0 Å². The van der Waals surface area contributed by atoms with Crippen LogP contribution in [0.25, 0.3) is 0 Å². The average molecular weight is 175 g/mol. The van der Waals surface area contributed by atoms with Crippen LogP contribution >= 0.6 is 0 Å². The Labute approximate surface area is 71.0 Å². The highest BCUT2D eigenvalue weighted by molar-refractivity contribution is 5.66. The summed E-state index contributed by atoms with van der Waals surface area (Å²) in [6, 6.07) is 0. The Hall–Kier alpha value is -1.10. The minimum absolute atomic E-state index is 0.275. The Balaban J connectivity index is 3.68. The molecule has 12 heavy (non-hydrogen) atoms. The number of hydrogen-bond acceptors (Lipinski definition) is 4. The Bertz CT molecular complexity index is 148. The van der Waals surface area contributed by atoms with E-state index >= 15 is 0 Å². The summed E-state index contributed by atoms with van der Waals surface area (Å²) in [7, 11) is 1.50. The Morgan fingerprint density at radius 2 is 2.33 bits per heavy atom. The largest absolute Gasteiger partial charge is 0.458 e. The molecule has 0 radical (unpaired) electrons. The number of ether oxygens (including phenoxy) is 2. The van der Waals surface area contributed by atoms with E-state index in [-0.39, 0.29) is 19.1 Å². The molecule has 0 heterocycles. The summed E-state index contributed by atoms with van der Waals surface area (Å²) in [5.74, 6) is -0.384. The monoisotopic (exact) mass is 175 g/mol. The lowest BCUT2D eigenvalue weighted by atomic mass is 10.4. The summed E-state index contributed by atoms with van der Waals surface area (Å²) in [5.41, 5.74) is 0. The lowest BCUT2D eigenvalue weighted by molar-refractivity contribution is -0.148. The molecule has 0 bridgehead atoms. The molecule has 1 N–H and O–H groups in total. The van der Waals surface area contributed by atoms with Crippen LogP contribution in [-0.2, 0) is 19.1 Å². The normalized spacial score (nSPS) is 11.8. The van der Waals surface area contributed by atoms with Crippen LogP contribution in [0.5, 0.6) is 0 Å². The van der Waals surface area contributed by atoms with Gasteiger partial charge in [0.1, 0.15) is 6.10 Å².